The van der Waals surface area contributed by atoms with Crippen molar-refractivity contribution in [2.45, 2.75) is 56.9 Å². The number of carbonyl (C=O) groups is 2. The number of nitrogen functional groups attached to an aromatic ring is 1. The van der Waals surface area contributed by atoms with Crippen LogP contribution < -0.4 is 16.4 Å². The van der Waals surface area contributed by atoms with Gasteiger partial charge in [-0.3, -0.25) is 9.59 Å². The Morgan fingerprint density at radius 3 is 2.29 bits per heavy atom. The molecule has 1 fully saturated rings. The van der Waals surface area contributed by atoms with Crippen LogP contribution in [0.25, 0.3) is 0 Å². The minimum atomic E-state index is -0.789. The van der Waals surface area contributed by atoms with Gasteiger partial charge >= 0.3 is 0 Å². The lowest BCUT2D eigenvalue weighted by molar-refractivity contribution is -0.252. The number of anilines is 3. The number of amides is 2. The molecule has 49 heavy (non-hydrogen) atoms. The lowest BCUT2D eigenvalue weighted by atomic mass is 9.99. The van der Waals surface area contributed by atoms with Gasteiger partial charge in [0.1, 0.15) is 5.75 Å². The quantitative estimate of drug-likeness (QED) is 0.0962. The first-order valence-electron chi connectivity index (χ1n) is 16.4. The molecule has 0 spiro atoms. The first kappa shape index (κ1) is 35.5. The van der Waals surface area contributed by atoms with E-state index >= 15 is 0 Å². The second kappa shape index (κ2) is 17.0. The second-order valence-corrected chi connectivity index (χ2v) is 12.3. The monoisotopic (exact) mass is 668 g/mol. The van der Waals surface area contributed by atoms with E-state index in [0.29, 0.717) is 48.6 Å². The van der Waals surface area contributed by atoms with Crippen molar-refractivity contribution in [2.75, 3.05) is 36.5 Å². The molecule has 5 rings (SSSR count). The molecule has 0 radical (unpaired) electrons. The molecule has 2 amide bonds. The van der Waals surface area contributed by atoms with E-state index in [2.05, 4.69) is 10.6 Å². The van der Waals surface area contributed by atoms with Crippen molar-refractivity contribution in [3.63, 3.8) is 0 Å². The Bertz CT molecular complexity index is 1680. The molecular formula is C38H44N4O7. The van der Waals surface area contributed by atoms with Crippen molar-refractivity contribution in [1.82, 2.24) is 4.90 Å². The number of phenolic OH excluding ortho intramolecular Hbond substituents is 1. The summed E-state index contributed by atoms with van der Waals surface area (Å²) in [6.45, 7) is 0.811. The van der Waals surface area contributed by atoms with E-state index in [0.717, 1.165) is 16.7 Å². The highest BCUT2D eigenvalue weighted by Gasteiger charge is 2.33. The van der Waals surface area contributed by atoms with Crippen LogP contribution in [0.5, 0.6) is 5.75 Å². The molecule has 258 valence electrons. The van der Waals surface area contributed by atoms with Crippen molar-refractivity contribution in [3.8, 4) is 5.75 Å². The number of aliphatic hydroxyl groups is 2. The summed E-state index contributed by atoms with van der Waals surface area (Å²) >= 11 is 0. The number of carbonyl (C=O) groups excluding carboxylic acids is 2. The molecule has 1 saturated heterocycles. The minimum Gasteiger partial charge on any atom is -0.508 e. The van der Waals surface area contributed by atoms with Crippen LogP contribution in [0.3, 0.4) is 0 Å². The van der Waals surface area contributed by atoms with Gasteiger partial charge in [0.15, 0.2) is 6.29 Å². The highest BCUT2D eigenvalue weighted by molar-refractivity contribution is 5.94. The number of likely N-dealkylation sites (N-methyl/N-ethyl adjacent to an activating group) is 1. The highest BCUT2D eigenvalue weighted by atomic mass is 16.7. The average molecular weight is 669 g/mol. The number of hydrogen-bond acceptors (Lipinski definition) is 9. The fourth-order valence-corrected chi connectivity index (χ4v) is 5.77. The number of nitrogens with one attached hydrogen (secondary N) is 2. The van der Waals surface area contributed by atoms with E-state index in [1.54, 1.807) is 60.7 Å². The molecule has 4 atom stereocenters. The van der Waals surface area contributed by atoms with Gasteiger partial charge in [0.05, 0.1) is 36.3 Å². The van der Waals surface area contributed by atoms with Crippen LogP contribution in [0.2, 0.25) is 0 Å². The van der Waals surface area contributed by atoms with Crippen molar-refractivity contribution >= 4 is 28.9 Å². The molecule has 0 aliphatic carbocycles. The topological polar surface area (TPSA) is 167 Å². The van der Waals surface area contributed by atoms with Crippen molar-refractivity contribution < 1.29 is 34.4 Å². The molecule has 7 N–H and O–H groups in total. The first-order valence-corrected chi connectivity index (χ1v) is 16.4. The third-order valence-electron chi connectivity index (χ3n) is 8.38. The summed E-state index contributed by atoms with van der Waals surface area (Å²) in [6.07, 6.45) is -0.670. The Morgan fingerprint density at radius 2 is 1.59 bits per heavy atom. The number of benzene rings is 4. The summed E-state index contributed by atoms with van der Waals surface area (Å²) in [7, 11) is 1.91. The van der Waals surface area contributed by atoms with E-state index in [4.69, 9.17) is 15.2 Å². The Kier molecular flexibility index (Phi) is 12.4. The van der Waals surface area contributed by atoms with E-state index in [1.807, 2.05) is 48.3 Å². The molecule has 0 bridgehead atoms. The standard InChI is InChI=1S/C38H44N4O7/c1-42(23-34(45)28-6-4-7-30(44)20-28)22-31-21-35(26-14-12-25(24-43)13-15-26)49-38(48-31)27-16-18-29(19-17-27)40-36(46)10-5-11-37(47)41-33-9-3-2-8-32(33)39/h2-4,6-9,12-20,31,34-35,38,43-45H,5,10-11,21-24,39H2,1H3,(H,40,46)(H,41,47). The summed E-state index contributed by atoms with van der Waals surface area (Å²) in [6, 6.07) is 28.5. The molecule has 4 aromatic rings. The number of para-hydroxylation sites is 2. The molecular weight excluding hydrogens is 624 g/mol. The number of phenols is 1. The normalized spacial score (nSPS) is 18.2. The Balaban J connectivity index is 1.18. The number of aliphatic hydroxyl groups excluding tert-OH is 2. The summed E-state index contributed by atoms with van der Waals surface area (Å²) in [5.41, 5.74) is 10.7. The second-order valence-electron chi connectivity index (χ2n) is 12.3. The van der Waals surface area contributed by atoms with Crippen LogP contribution in [0.15, 0.2) is 97.1 Å². The van der Waals surface area contributed by atoms with E-state index in [1.165, 1.54) is 0 Å². The molecule has 4 aromatic carbocycles. The maximum atomic E-state index is 12.6. The molecule has 1 aliphatic rings. The van der Waals surface area contributed by atoms with E-state index in [9.17, 15) is 24.9 Å². The summed E-state index contributed by atoms with van der Waals surface area (Å²) < 4.78 is 12.9. The van der Waals surface area contributed by atoms with Crippen molar-refractivity contribution in [1.29, 1.82) is 0 Å². The van der Waals surface area contributed by atoms with Gasteiger partial charge in [-0.25, -0.2) is 0 Å². The zero-order chi connectivity index (χ0) is 34.8. The largest absolute Gasteiger partial charge is 0.508 e. The molecule has 0 aromatic heterocycles. The van der Waals surface area contributed by atoms with Gasteiger partial charge in [-0.15, -0.1) is 0 Å². The maximum absolute atomic E-state index is 12.6. The van der Waals surface area contributed by atoms with Gasteiger partial charge < -0.3 is 46.1 Å². The van der Waals surface area contributed by atoms with Crippen LogP contribution in [0, 0.1) is 0 Å². The van der Waals surface area contributed by atoms with Gasteiger partial charge in [-0.2, -0.15) is 0 Å². The fourth-order valence-electron chi connectivity index (χ4n) is 5.77. The molecule has 0 saturated carbocycles. The molecule has 1 aliphatic heterocycles. The third kappa shape index (κ3) is 10.4. The van der Waals surface area contributed by atoms with Gasteiger partial charge in [-0.05, 0) is 66.6 Å². The fraction of sp³-hybridized carbons (Fsp3) is 0.316. The number of nitrogens with zero attached hydrogens (tertiary/aromatic N) is 1. The van der Waals surface area contributed by atoms with Crippen LogP contribution in [0.1, 0.15) is 66.4 Å². The summed E-state index contributed by atoms with van der Waals surface area (Å²) in [5, 5.41) is 35.8. The van der Waals surface area contributed by atoms with Crippen LogP contribution in [-0.2, 0) is 25.7 Å². The zero-order valence-corrected chi connectivity index (χ0v) is 27.5. The molecule has 1 heterocycles. The smallest absolute Gasteiger partial charge is 0.224 e. The van der Waals surface area contributed by atoms with E-state index < -0.39 is 12.4 Å². The first-order chi connectivity index (χ1) is 23.7. The van der Waals surface area contributed by atoms with Gasteiger partial charge in [0, 0.05) is 43.6 Å². The Morgan fingerprint density at radius 1 is 0.898 bits per heavy atom. The van der Waals surface area contributed by atoms with Gasteiger partial charge in [0.25, 0.3) is 0 Å². The highest BCUT2D eigenvalue weighted by Crippen LogP contribution is 2.38. The maximum Gasteiger partial charge on any atom is 0.224 e. The van der Waals surface area contributed by atoms with Gasteiger partial charge in [-0.1, -0.05) is 60.7 Å². The number of aromatic hydroxyl groups is 1. The lowest BCUT2D eigenvalue weighted by Gasteiger charge is -2.38. The average Bonchev–Trinajstić information content (AvgIpc) is 3.09. The third-order valence-corrected chi connectivity index (χ3v) is 8.38. The Labute approximate surface area is 286 Å². The lowest BCUT2D eigenvalue weighted by Crippen LogP contribution is -2.39. The predicted molar refractivity (Wildman–Crippen MR) is 187 cm³/mol. The van der Waals surface area contributed by atoms with Crippen molar-refractivity contribution in [3.05, 3.63) is 119 Å². The van der Waals surface area contributed by atoms with Crippen molar-refractivity contribution in [2.24, 2.45) is 0 Å². The van der Waals surface area contributed by atoms with Crippen LogP contribution in [0.4, 0.5) is 17.1 Å². The summed E-state index contributed by atoms with van der Waals surface area (Å²) in [5.74, 6) is -0.306. The molecule has 4 unspecified atom stereocenters. The number of nitrogens with two attached hydrogens (primary N) is 1. The SMILES string of the molecule is CN(CC1CC(c2ccc(CO)cc2)OC(c2ccc(NC(=O)CCCC(=O)Nc3ccccc3N)cc2)O1)CC(O)c1cccc(O)c1. The number of ether oxygens (including phenoxy) is 2. The number of hydrogen-bond donors (Lipinski definition) is 6. The number of rotatable bonds is 14. The molecule has 11 nitrogen and oxygen atoms in total. The minimum absolute atomic E-state index is 0.0471. The zero-order valence-electron chi connectivity index (χ0n) is 27.5. The van der Waals surface area contributed by atoms with Crippen LogP contribution in [-0.4, -0.2) is 58.3 Å². The van der Waals surface area contributed by atoms with Gasteiger partial charge in [0.2, 0.25) is 11.8 Å². The van der Waals surface area contributed by atoms with E-state index in [-0.39, 0.29) is 49.2 Å². The predicted octanol–water partition coefficient (Wildman–Crippen LogP) is 5.43. The Hall–Kier alpha value is -4.78. The summed E-state index contributed by atoms with van der Waals surface area (Å²) in [4.78, 5) is 26.9. The van der Waals surface area contributed by atoms with Crippen LogP contribution >= 0.6 is 0 Å². The molecule has 11 heteroatoms.